The largest absolute Gasteiger partial charge is 0.126 e. The summed E-state index contributed by atoms with van der Waals surface area (Å²) in [5.74, 6) is 2.46. The van der Waals surface area contributed by atoms with Gasteiger partial charge in [0.2, 0.25) is 0 Å². The molecule has 0 atom stereocenters. The van der Waals surface area contributed by atoms with Crippen LogP contribution in [0.2, 0.25) is 0 Å². The SMILES string of the molecule is CC(C)/C1=C/CCCSc2cccc(C(C)C)c21. The summed E-state index contributed by atoms with van der Waals surface area (Å²) >= 11 is 2.03. The molecule has 2 rings (SSSR count). The van der Waals surface area contributed by atoms with Crippen molar-refractivity contribution in [3.63, 3.8) is 0 Å². The third-order valence-electron chi connectivity index (χ3n) is 3.56. The third kappa shape index (κ3) is 2.83. The van der Waals surface area contributed by atoms with Crippen molar-refractivity contribution in [3.8, 4) is 0 Å². The van der Waals surface area contributed by atoms with Gasteiger partial charge in [0.1, 0.15) is 0 Å². The van der Waals surface area contributed by atoms with Crippen molar-refractivity contribution in [2.45, 2.75) is 51.3 Å². The van der Waals surface area contributed by atoms with Crippen LogP contribution in [0.1, 0.15) is 57.6 Å². The Balaban J connectivity index is 2.60. The van der Waals surface area contributed by atoms with Crippen LogP contribution >= 0.6 is 11.8 Å². The fourth-order valence-electron chi connectivity index (χ4n) is 2.61. The Morgan fingerprint density at radius 3 is 2.50 bits per heavy atom. The van der Waals surface area contributed by atoms with Crippen LogP contribution in [-0.4, -0.2) is 5.75 Å². The van der Waals surface area contributed by atoms with E-state index in [9.17, 15) is 0 Å². The van der Waals surface area contributed by atoms with Gasteiger partial charge in [-0.2, -0.15) is 0 Å². The normalized spacial score (nSPS) is 19.1. The molecule has 0 nitrogen and oxygen atoms in total. The zero-order valence-corrected chi connectivity index (χ0v) is 12.8. The van der Waals surface area contributed by atoms with Crippen LogP contribution in [0.3, 0.4) is 0 Å². The minimum absolute atomic E-state index is 0.599. The summed E-state index contributed by atoms with van der Waals surface area (Å²) < 4.78 is 0. The molecule has 0 radical (unpaired) electrons. The summed E-state index contributed by atoms with van der Waals surface area (Å²) in [7, 11) is 0. The topological polar surface area (TPSA) is 0 Å². The third-order valence-corrected chi connectivity index (χ3v) is 4.71. The first-order valence-electron chi connectivity index (χ1n) is 7.07. The second kappa shape index (κ2) is 5.97. The molecule has 0 bridgehead atoms. The van der Waals surface area contributed by atoms with E-state index in [1.54, 1.807) is 5.57 Å². The van der Waals surface area contributed by atoms with Gasteiger partial charge in [0, 0.05) is 4.90 Å². The number of thioether (sulfide) groups is 1. The van der Waals surface area contributed by atoms with Crippen LogP contribution in [0, 0.1) is 5.92 Å². The van der Waals surface area contributed by atoms with E-state index in [0.717, 1.165) is 0 Å². The monoisotopic (exact) mass is 260 g/mol. The number of fused-ring (bicyclic) bond motifs is 1. The minimum Gasteiger partial charge on any atom is -0.126 e. The van der Waals surface area contributed by atoms with E-state index < -0.39 is 0 Å². The number of allylic oxidation sites excluding steroid dienone is 2. The molecular formula is C17H24S. The second-order valence-corrected chi connectivity index (χ2v) is 6.82. The Morgan fingerprint density at radius 1 is 1.06 bits per heavy atom. The van der Waals surface area contributed by atoms with Crippen molar-refractivity contribution >= 4 is 17.3 Å². The summed E-state index contributed by atoms with van der Waals surface area (Å²) in [5.41, 5.74) is 4.61. The van der Waals surface area contributed by atoms with Gasteiger partial charge in [-0.25, -0.2) is 0 Å². The maximum absolute atomic E-state index is 2.48. The lowest BCUT2D eigenvalue weighted by atomic mass is 9.86. The summed E-state index contributed by atoms with van der Waals surface area (Å²) in [4.78, 5) is 1.49. The zero-order valence-electron chi connectivity index (χ0n) is 12.0. The maximum Gasteiger partial charge on any atom is 0.0150 e. The fraction of sp³-hybridized carbons (Fsp3) is 0.529. The van der Waals surface area contributed by atoms with Gasteiger partial charge < -0.3 is 0 Å². The van der Waals surface area contributed by atoms with Crippen LogP contribution in [0.15, 0.2) is 29.2 Å². The molecule has 0 unspecified atom stereocenters. The minimum atomic E-state index is 0.599. The summed E-state index contributed by atoms with van der Waals surface area (Å²) in [6.45, 7) is 9.24. The summed E-state index contributed by atoms with van der Waals surface area (Å²) in [6.07, 6.45) is 5.01. The molecule has 0 spiro atoms. The molecule has 0 aromatic heterocycles. The lowest BCUT2D eigenvalue weighted by molar-refractivity contribution is 0.813. The predicted octanol–water partition coefficient (Wildman–Crippen LogP) is 5.74. The van der Waals surface area contributed by atoms with Crippen molar-refractivity contribution in [3.05, 3.63) is 35.4 Å². The molecule has 0 N–H and O–H groups in total. The van der Waals surface area contributed by atoms with E-state index in [-0.39, 0.29) is 0 Å². The highest BCUT2D eigenvalue weighted by atomic mass is 32.2. The second-order valence-electron chi connectivity index (χ2n) is 5.68. The van der Waals surface area contributed by atoms with Crippen molar-refractivity contribution in [1.82, 2.24) is 0 Å². The average Bonchev–Trinajstić information content (AvgIpc) is 2.28. The highest BCUT2D eigenvalue weighted by molar-refractivity contribution is 7.99. The molecule has 1 aliphatic rings. The van der Waals surface area contributed by atoms with Crippen molar-refractivity contribution in [2.24, 2.45) is 5.92 Å². The number of hydrogen-bond donors (Lipinski definition) is 0. The quantitative estimate of drug-likeness (QED) is 0.654. The van der Waals surface area contributed by atoms with E-state index >= 15 is 0 Å². The molecule has 0 amide bonds. The van der Waals surface area contributed by atoms with E-state index in [1.807, 2.05) is 11.8 Å². The van der Waals surface area contributed by atoms with Crippen LogP contribution in [0.5, 0.6) is 0 Å². The van der Waals surface area contributed by atoms with Gasteiger partial charge in [-0.3, -0.25) is 0 Å². The van der Waals surface area contributed by atoms with Crippen molar-refractivity contribution < 1.29 is 0 Å². The smallest absolute Gasteiger partial charge is 0.0150 e. The van der Waals surface area contributed by atoms with Gasteiger partial charge >= 0.3 is 0 Å². The molecule has 0 saturated heterocycles. The summed E-state index contributed by atoms with van der Waals surface area (Å²) in [6, 6.07) is 6.83. The first-order valence-corrected chi connectivity index (χ1v) is 8.06. The van der Waals surface area contributed by atoms with Crippen LogP contribution < -0.4 is 0 Å². The molecular weight excluding hydrogens is 236 g/mol. The van der Waals surface area contributed by atoms with E-state index in [4.69, 9.17) is 0 Å². The molecule has 1 aromatic rings. The molecule has 0 aliphatic carbocycles. The van der Waals surface area contributed by atoms with Gasteiger partial charge in [0.25, 0.3) is 0 Å². The molecule has 98 valence electrons. The number of benzene rings is 1. The van der Waals surface area contributed by atoms with Gasteiger partial charge in [-0.1, -0.05) is 45.9 Å². The molecule has 0 saturated carbocycles. The van der Waals surface area contributed by atoms with Gasteiger partial charge in [0.15, 0.2) is 0 Å². The zero-order chi connectivity index (χ0) is 13.1. The maximum atomic E-state index is 2.48. The average molecular weight is 260 g/mol. The molecule has 1 aliphatic heterocycles. The summed E-state index contributed by atoms with van der Waals surface area (Å²) in [5, 5.41) is 0. The molecule has 1 heteroatoms. The molecule has 0 fully saturated rings. The standard InChI is InChI=1S/C17H24S/c1-12(2)14-8-5-6-11-18-16-10-7-9-15(13(3)4)17(14)16/h7-10,12-13H,5-6,11H2,1-4H3/b14-8-. The number of hydrogen-bond acceptors (Lipinski definition) is 1. The Kier molecular flexibility index (Phi) is 4.55. The first-order chi connectivity index (χ1) is 8.61. The lowest BCUT2D eigenvalue weighted by Crippen LogP contribution is -2.04. The van der Waals surface area contributed by atoms with Crippen molar-refractivity contribution in [1.29, 1.82) is 0 Å². The first kappa shape index (κ1) is 13.7. The Hall–Kier alpha value is -0.690. The highest BCUT2D eigenvalue weighted by Gasteiger charge is 2.18. The Morgan fingerprint density at radius 2 is 1.83 bits per heavy atom. The van der Waals surface area contributed by atoms with E-state index in [0.29, 0.717) is 11.8 Å². The number of rotatable bonds is 2. The Labute approximate surface area is 116 Å². The van der Waals surface area contributed by atoms with Crippen LogP contribution in [0.25, 0.3) is 5.57 Å². The predicted molar refractivity (Wildman–Crippen MR) is 83.3 cm³/mol. The lowest BCUT2D eigenvalue weighted by Gasteiger charge is -2.23. The van der Waals surface area contributed by atoms with E-state index in [1.165, 1.54) is 34.6 Å². The van der Waals surface area contributed by atoms with E-state index in [2.05, 4.69) is 52.0 Å². The fourth-order valence-corrected chi connectivity index (χ4v) is 3.69. The van der Waals surface area contributed by atoms with Gasteiger partial charge in [0.05, 0.1) is 0 Å². The molecule has 1 heterocycles. The molecule has 1 aromatic carbocycles. The van der Waals surface area contributed by atoms with Gasteiger partial charge in [-0.05, 0) is 53.2 Å². The van der Waals surface area contributed by atoms with Gasteiger partial charge in [-0.15, -0.1) is 11.8 Å². The Bertz CT molecular complexity index is 441. The van der Waals surface area contributed by atoms with Crippen molar-refractivity contribution in [2.75, 3.05) is 5.75 Å². The highest BCUT2D eigenvalue weighted by Crippen LogP contribution is 2.39. The van der Waals surface area contributed by atoms with Crippen LogP contribution in [0.4, 0.5) is 0 Å². The van der Waals surface area contributed by atoms with Crippen LogP contribution in [-0.2, 0) is 0 Å². The molecule has 18 heavy (non-hydrogen) atoms.